The van der Waals surface area contributed by atoms with Gasteiger partial charge in [-0.2, -0.15) is 13.2 Å². The van der Waals surface area contributed by atoms with Crippen LogP contribution in [-0.4, -0.2) is 25.3 Å². The Hall–Kier alpha value is -0.940. The molecule has 1 N–H and O–H groups in total. The van der Waals surface area contributed by atoms with Crippen LogP contribution in [0.4, 0.5) is 18.9 Å². The van der Waals surface area contributed by atoms with Crippen molar-refractivity contribution in [2.45, 2.75) is 45.5 Å². The van der Waals surface area contributed by atoms with Gasteiger partial charge >= 0.3 is 6.18 Å². The molecule has 0 saturated carbocycles. The molecule has 21 heavy (non-hydrogen) atoms. The van der Waals surface area contributed by atoms with E-state index in [1.54, 1.807) is 24.1 Å². The molecule has 2 nitrogen and oxygen atoms in total. The van der Waals surface area contributed by atoms with Crippen LogP contribution >= 0.6 is 11.6 Å². The van der Waals surface area contributed by atoms with Gasteiger partial charge in [0.15, 0.2) is 0 Å². The zero-order valence-corrected chi connectivity index (χ0v) is 13.6. The Bertz CT molecular complexity index is 467. The topological polar surface area (TPSA) is 15.3 Å². The molecule has 1 rings (SSSR count). The summed E-state index contributed by atoms with van der Waals surface area (Å²) in [6.07, 6.45) is -5.00. The predicted octanol–water partition coefficient (Wildman–Crippen LogP) is 4.62. The Kier molecular flexibility index (Phi) is 5.93. The van der Waals surface area contributed by atoms with E-state index >= 15 is 0 Å². The number of nitrogens with one attached hydrogen (secondary N) is 1. The van der Waals surface area contributed by atoms with Crippen LogP contribution in [0.3, 0.4) is 0 Å². The van der Waals surface area contributed by atoms with E-state index in [-0.39, 0.29) is 12.1 Å². The lowest BCUT2D eigenvalue weighted by molar-refractivity contribution is -0.132. The molecule has 6 heteroatoms. The van der Waals surface area contributed by atoms with Crippen molar-refractivity contribution < 1.29 is 13.2 Å². The minimum absolute atomic E-state index is 0.0680. The van der Waals surface area contributed by atoms with Crippen molar-refractivity contribution in [3.05, 3.63) is 28.8 Å². The third-order valence-electron chi connectivity index (χ3n) is 3.00. The Balaban J connectivity index is 2.85. The fourth-order valence-electron chi connectivity index (χ4n) is 1.82. The van der Waals surface area contributed by atoms with Gasteiger partial charge in [0.05, 0.1) is 6.42 Å². The van der Waals surface area contributed by atoms with Gasteiger partial charge in [-0.25, -0.2) is 0 Å². The summed E-state index contributed by atoms with van der Waals surface area (Å²) < 4.78 is 37.1. The van der Waals surface area contributed by atoms with Crippen molar-refractivity contribution in [2.24, 2.45) is 0 Å². The van der Waals surface area contributed by atoms with Gasteiger partial charge in [-0.05, 0) is 38.5 Å². The Morgan fingerprint density at radius 2 is 1.81 bits per heavy atom. The maximum absolute atomic E-state index is 12.4. The van der Waals surface area contributed by atoms with E-state index in [0.29, 0.717) is 11.6 Å². The number of alkyl halides is 3. The van der Waals surface area contributed by atoms with Crippen LogP contribution in [0, 0.1) is 0 Å². The first-order valence-corrected chi connectivity index (χ1v) is 7.17. The molecular weight excluding hydrogens is 301 g/mol. The van der Waals surface area contributed by atoms with E-state index in [1.807, 2.05) is 26.8 Å². The van der Waals surface area contributed by atoms with E-state index in [2.05, 4.69) is 5.32 Å². The molecule has 0 heterocycles. The zero-order chi connectivity index (χ0) is 16.3. The van der Waals surface area contributed by atoms with E-state index in [4.69, 9.17) is 11.6 Å². The first-order valence-electron chi connectivity index (χ1n) is 6.79. The minimum atomic E-state index is -4.16. The molecule has 0 unspecified atom stereocenters. The van der Waals surface area contributed by atoms with Gasteiger partial charge in [0, 0.05) is 36.4 Å². The third kappa shape index (κ3) is 7.05. The van der Waals surface area contributed by atoms with Crippen LogP contribution in [0.5, 0.6) is 0 Å². The molecule has 0 radical (unpaired) electrons. The zero-order valence-electron chi connectivity index (χ0n) is 12.8. The van der Waals surface area contributed by atoms with Crippen molar-refractivity contribution in [3.8, 4) is 0 Å². The van der Waals surface area contributed by atoms with Gasteiger partial charge in [0.25, 0.3) is 0 Å². The molecule has 0 spiro atoms. The molecule has 120 valence electrons. The van der Waals surface area contributed by atoms with Gasteiger partial charge in [-0.3, -0.25) is 0 Å². The molecule has 0 atom stereocenters. The molecule has 0 aromatic heterocycles. The van der Waals surface area contributed by atoms with E-state index < -0.39 is 12.6 Å². The Morgan fingerprint density at radius 1 is 1.19 bits per heavy atom. The Labute approximate surface area is 129 Å². The van der Waals surface area contributed by atoms with E-state index in [9.17, 15) is 13.2 Å². The third-order valence-corrected chi connectivity index (χ3v) is 3.23. The number of nitrogens with zero attached hydrogens (tertiary/aromatic N) is 1. The number of halogens is 4. The summed E-state index contributed by atoms with van der Waals surface area (Å²) in [5, 5.41) is 3.85. The van der Waals surface area contributed by atoms with Crippen molar-refractivity contribution in [1.29, 1.82) is 0 Å². The van der Waals surface area contributed by atoms with Crippen LogP contribution in [0.25, 0.3) is 0 Å². The highest BCUT2D eigenvalue weighted by atomic mass is 35.5. The predicted molar refractivity (Wildman–Crippen MR) is 82.0 cm³/mol. The van der Waals surface area contributed by atoms with Crippen LogP contribution in [0.15, 0.2) is 18.2 Å². The van der Waals surface area contributed by atoms with Crippen LogP contribution in [-0.2, 0) is 6.54 Å². The smallest absolute Gasteiger partial charge is 0.374 e. The highest BCUT2D eigenvalue weighted by Gasteiger charge is 2.27. The molecule has 0 aliphatic rings. The molecule has 0 bridgehead atoms. The lowest BCUT2D eigenvalue weighted by Gasteiger charge is -2.26. The van der Waals surface area contributed by atoms with Gasteiger partial charge in [-0.1, -0.05) is 17.7 Å². The first-order chi connectivity index (χ1) is 9.48. The average Bonchev–Trinajstić information content (AvgIpc) is 2.32. The summed E-state index contributed by atoms with van der Waals surface area (Å²) in [6, 6.07) is 5.31. The molecule has 0 aliphatic carbocycles. The highest BCUT2D eigenvalue weighted by molar-refractivity contribution is 6.30. The summed E-state index contributed by atoms with van der Waals surface area (Å²) in [4.78, 5) is 1.60. The molecule has 0 aliphatic heterocycles. The molecule has 0 saturated heterocycles. The summed E-state index contributed by atoms with van der Waals surface area (Å²) >= 11 is 5.97. The average molecular weight is 323 g/mol. The molecular formula is C15H22ClF3N2. The fourth-order valence-corrected chi connectivity index (χ4v) is 1.98. The maximum Gasteiger partial charge on any atom is 0.390 e. The number of hydrogen-bond donors (Lipinski definition) is 1. The van der Waals surface area contributed by atoms with Gasteiger partial charge in [-0.15, -0.1) is 0 Å². The van der Waals surface area contributed by atoms with Gasteiger partial charge in [0.2, 0.25) is 0 Å². The largest absolute Gasteiger partial charge is 0.390 e. The molecule has 0 amide bonds. The molecule has 1 aromatic carbocycles. The first kappa shape index (κ1) is 18.1. The van der Waals surface area contributed by atoms with Crippen molar-refractivity contribution in [3.63, 3.8) is 0 Å². The summed E-state index contributed by atoms with van der Waals surface area (Å²) in [5.41, 5.74) is 1.59. The minimum Gasteiger partial charge on any atom is -0.374 e. The second kappa shape index (κ2) is 6.88. The number of hydrogen-bond acceptors (Lipinski definition) is 2. The second-order valence-corrected chi connectivity index (χ2v) is 6.60. The molecule has 0 fully saturated rings. The maximum atomic E-state index is 12.4. The Morgan fingerprint density at radius 3 is 2.33 bits per heavy atom. The normalized spacial score (nSPS) is 12.6. The lowest BCUT2D eigenvalue weighted by atomic mass is 10.1. The SMILES string of the molecule is CN(CCC(F)(F)F)c1cc(Cl)ccc1CNC(C)(C)C. The summed E-state index contributed by atoms with van der Waals surface area (Å²) in [6.45, 7) is 6.60. The number of anilines is 1. The van der Waals surface area contributed by atoms with E-state index in [0.717, 1.165) is 11.3 Å². The lowest BCUT2D eigenvalue weighted by Crippen LogP contribution is -2.35. The summed E-state index contributed by atoms with van der Waals surface area (Å²) in [7, 11) is 1.65. The monoisotopic (exact) mass is 322 g/mol. The fraction of sp³-hybridized carbons (Fsp3) is 0.600. The number of rotatable bonds is 5. The van der Waals surface area contributed by atoms with Crippen molar-refractivity contribution in [2.75, 3.05) is 18.5 Å². The standard InChI is InChI=1S/C15H22ClF3N2/c1-14(2,3)20-10-11-5-6-12(16)9-13(11)21(4)8-7-15(17,18)19/h5-6,9,20H,7-8,10H2,1-4H3. The highest BCUT2D eigenvalue weighted by Crippen LogP contribution is 2.27. The summed E-state index contributed by atoms with van der Waals surface area (Å²) in [5.74, 6) is 0. The van der Waals surface area contributed by atoms with Crippen LogP contribution < -0.4 is 10.2 Å². The van der Waals surface area contributed by atoms with Crippen LogP contribution in [0.2, 0.25) is 5.02 Å². The van der Waals surface area contributed by atoms with Gasteiger partial charge < -0.3 is 10.2 Å². The quantitative estimate of drug-likeness (QED) is 0.851. The number of benzene rings is 1. The molecule has 1 aromatic rings. The van der Waals surface area contributed by atoms with Gasteiger partial charge in [0.1, 0.15) is 0 Å². The van der Waals surface area contributed by atoms with E-state index in [1.165, 1.54) is 0 Å². The second-order valence-electron chi connectivity index (χ2n) is 6.16. The van der Waals surface area contributed by atoms with Crippen molar-refractivity contribution >= 4 is 17.3 Å². The van der Waals surface area contributed by atoms with Crippen molar-refractivity contribution in [1.82, 2.24) is 5.32 Å². The van der Waals surface area contributed by atoms with Crippen LogP contribution in [0.1, 0.15) is 32.8 Å².